The van der Waals surface area contributed by atoms with E-state index < -0.39 is 9.84 Å². The molecular weight excluding hydrogens is 190 g/mol. The average molecular weight is 201 g/mol. The Morgan fingerprint density at radius 2 is 2.23 bits per heavy atom. The number of fused-ring (bicyclic) bond motifs is 1. The Bertz CT molecular complexity index is 447. The van der Waals surface area contributed by atoms with Crippen molar-refractivity contribution in [2.24, 2.45) is 12.8 Å². The zero-order valence-corrected chi connectivity index (χ0v) is 8.13. The third kappa shape index (κ3) is 1.26. The zero-order valence-electron chi connectivity index (χ0n) is 7.32. The maximum absolute atomic E-state index is 11.2. The van der Waals surface area contributed by atoms with Gasteiger partial charge in [-0.25, -0.2) is 8.42 Å². The van der Waals surface area contributed by atoms with Crippen molar-refractivity contribution in [3.05, 3.63) is 17.0 Å². The molecule has 0 spiro atoms. The van der Waals surface area contributed by atoms with E-state index in [2.05, 4.69) is 5.10 Å². The number of hydrogen-bond donors (Lipinski definition) is 1. The lowest BCUT2D eigenvalue weighted by Crippen LogP contribution is -2.09. The summed E-state index contributed by atoms with van der Waals surface area (Å²) in [5.74, 6) is 0.166. The van der Waals surface area contributed by atoms with Gasteiger partial charge in [-0.15, -0.1) is 0 Å². The van der Waals surface area contributed by atoms with E-state index in [4.69, 9.17) is 5.73 Å². The number of rotatable bonds is 1. The monoisotopic (exact) mass is 201 g/mol. The van der Waals surface area contributed by atoms with Gasteiger partial charge in [-0.3, -0.25) is 4.68 Å². The lowest BCUT2D eigenvalue weighted by molar-refractivity contribution is 0.595. The molecule has 6 heteroatoms. The second-order valence-electron chi connectivity index (χ2n) is 3.23. The van der Waals surface area contributed by atoms with Gasteiger partial charge in [-0.2, -0.15) is 5.10 Å². The fraction of sp³-hybridized carbons (Fsp3) is 0.571. The number of aromatic nitrogens is 2. The van der Waals surface area contributed by atoms with Gasteiger partial charge < -0.3 is 5.73 Å². The SMILES string of the molecule is Cn1nc2c(c1CN)CS(=O)(=O)C2. The number of aryl methyl sites for hydroxylation is 1. The smallest absolute Gasteiger partial charge is 0.160 e. The van der Waals surface area contributed by atoms with Crippen molar-refractivity contribution in [3.8, 4) is 0 Å². The van der Waals surface area contributed by atoms with Crippen LogP contribution in [-0.4, -0.2) is 18.2 Å². The number of sulfone groups is 1. The van der Waals surface area contributed by atoms with Crippen LogP contribution in [0.15, 0.2) is 0 Å². The Kier molecular flexibility index (Phi) is 1.71. The van der Waals surface area contributed by atoms with Gasteiger partial charge >= 0.3 is 0 Å². The van der Waals surface area contributed by atoms with Crippen LogP contribution in [0.5, 0.6) is 0 Å². The molecule has 1 aromatic rings. The van der Waals surface area contributed by atoms with E-state index in [0.717, 1.165) is 11.3 Å². The van der Waals surface area contributed by atoms with Crippen LogP contribution in [0.1, 0.15) is 17.0 Å². The fourth-order valence-corrected chi connectivity index (χ4v) is 3.20. The molecule has 0 atom stereocenters. The summed E-state index contributed by atoms with van der Waals surface area (Å²) in [6.45, 7) is 0.342. The second-order valence-corrected chi connectivity index (χ2v) is 5.30. The minimum absolute atomic E-state index is 0.0656. The summed E-state index contributed by atoms with van der Waals surface area (Å²) in [5, 5.41) is 4.12. The Morgan fingerprint density at radius 3 is 2.85 bits per heavy atom. The molecule has 0 unspecified atom stereocenters. The molecule has 5 nitrogen and oxygen atoms in total. The molecule has 2 rings (SSSR count). The van der Waals surface area contributed by atoms with Gasteiger partial charge in [0.05, 0.1) is 22.9 Å². The summed E-state index contributed by atoms with van der Waals surface area (Å²) in [6.07, 6.45) is 0. The Hall–Kier alpha value is -0.880. The van der Waals surface area contributed by atoms with Crippen LogP contribution in [0, 0.1) is 0 Å². The van der Waals surface area contributed by atoms with Gasteiger partial charge in [0.25, 0.3) is 0 Å². The van der Waals surface area contributed by atoms with Gasteiger partial charge in [0.2, 0.25) is 0 Å². The maximum atomic E-state index is 11.2. The minimum Gasteiger partial charge on any atom is -0.325 e. The van der Waals surface area contributed by atoms with Gasteiger partial charge in [0.1, 0.15) is 0 Å². The van der Waals surface area contributed by atoms with E-state index in [-0.39, 0.29) is 11.5 Å². The second kappa shape index (κ2) is 2.55. The molecular formula is C7H11N3O2S. The minimum atomic E-state index is -2.94. The highest BCUT2D eigenvalue weighted by molar-refractivity contribution is 7.90. The Labute approximate surface area is 76.5 Å². The predicted molar refractivity (Wildman–Crippen MR) is 47.4 cm³/mol. The third-order valence-electron chi connectivity index (χ3n) is 2.27. The van der Waals surface area contributed by atoms with Gasteiger partial charge in [-0.05, 0) is 0 Å². The first kappa shape index (κ1) is 8.71. The van der Waals surface area contributed by atoms with E-state index in [1.807, 2.05) is 0 Å². The van der Waals surface area contributed by atoms with Crippen molar-refractivity contribution in [3.63, 3.8) is 0 Å². The summed E-state index contributed by atoms with van der Waals surface area (Å²) in [4.78, 5) is 0. The topological polar surface area (TPSA) is 78.0 Å². The summed E-state index contributed by atoms with van der Waals surface area (Å²) >= 11 is 0. The predicted octanol–water partition coefficient (Wildman–Crippen LogP) is -0.693. The van der Waals surface area contributed by atoms with Crippen molar-refractivity contribution < 1.29 is 8.42 Å². The number of hydrogen-bond acceptors (Lipinski definition) is 4. The van der Waals surface area contributed by atoms with E-state index in [1.54, 1.807) is 11.7 Å². The van der Waals surface area contributed by atoms with E-state index in [0.29, 0.717) is 12.2 Å². The van der Waals surface area contributed by atoms with Crippen molar-refractivity contribution >= 4 is 9.84 Å². The van der Waals surface area contributed by atoms with Crippen molar-refractivity contribution in [2.45, 2.75) is 18.1 Å². The highest BCUT2D eigenvalue weighted by Crippen LogP contribution is 2.26. The molecule has 0 amide bonds. The molecule has 0 aromatic carbocycles. The molecule has 13 heavy (non-hydrogen) atoms. The van der Waals surface area contributed by atoms with Gasteiger partial charge in [0, 0.05) is 19.2 Å². The Morgan fingerprint density at radius 1 is 1.54 bits per heavy atom. The van der Waals surface area contributed by atoms with Crippen molar-refractivity contribution in [2.75, 3.05) is 0 Å². The molecule has 0 fully saturated rings. The first-order valence-electron chi connectivity index (χ1n) is 3.97. The van der Waals surface area contributed by atoms with Crippen LogP contribution >= 0.6 is 0 Å². The van der Waals surface area contributed by atoms with Crippen LogP contribution in [0.25, 0.3) is 0 Å². The molecule has 0 bridgehead atoms. The van der Waals surface area contributed by atoms with Crippen LogP contribution < -0.4 is 5.73 Å². The molecule has 0 radical (unpaired) electrons. The molecule has 0 saturated carbocycles. The standard InChI is InChI=1S/C7H11N3O2S/c1-10-7(2-8)5-3-13(11,12)4-6(5)9-10/h2-4,8H2,1H3. The highest BCUT2D eigenvalue weighted by Gasteiger charge is 2.30. The summed E-state index contributed by atoms with van der Waals surface area (Å²) in [7, 11) is -1.16. The largest absolute Gasteiger partial charge is 0.325 e. The van der Waals surface area contributed by atoms with E-state index in [9.17, 15) is 8.42 Å². The molecule has 1 aliphatic rings. The number of nitrogens with zero attached hydrogens (tertiary/aromatic N) is 2. The Balaban J connectivity index is 2.56. The first-order valence-corrected chi connectivity index (χ1v) is 5.80. The molecule has 72 valence electrons. The molecule has 2 heterocycles. The summed E-state index contributed by atoms with van der Waals surface area (Å²) in [6, 6.07) is 0. The van der Waals surface area contributed by atoms with Crippen LogP contribution in [0.3, 0.4) is 0 Å². The molecule has 1 aliphatic heterocycles. The fourth-order valence-electron chi connectivity index (χ4n) is 1.68. The molecule has 2 N–H and O–H groups in total. The zero-order chi connectivity index (χ0) is 9.64. The quantitative estimate of drug-likeness (QED) is 0.652. The highest BCUT2D eigenvalue weighted by atomic mass is 32.2. The van der Waals surface area contributed by atoms with E-state index in [1.165, 1.54) is 0 Å². The number of nitrogens with two attached hydrogens (primary N) is 1. The first-order chi connectivity index (χ1) is 6.03. The average Bonchev–Trinajstić information content (AvgIpc) is 2.39. The van der Waals surface area contributed by atoms with Crippen LogP contribution in [0.4, 0.5) is 0 Å². The lowest BCUT2D eigenvalue weighted by Gasteiger charge is -1.99. The van der Waals surface area contributed by atoms with Crippen molar-refractivity contribution in [1.82, 2.24) is 9.78 Å². The maximum Gasteiger partial charge on any atom is 0.160 e. The molecule has 0 aliphatic carbocycles. The van der Waals surface area contributed by atoms with Crippen molar-refractivity contribution in [1.29, 1.82) is 0 Å². The lowest BCUT2D eigenvalue weighted by atomic mass is 10.2. The van der Waals surface area contributed by atoms with Gasteiger partial charge in [0.15, 0.2) is 9.84 Å². The normalized spacial score (nSPS) is 18.9. The summed E-state index contributed by atoms with van der Waals surface area (Å²) in [5.41, 5.74) is 7.81. The third-order valence-corrected chi connectivity index (χ3v) is 3.71. The van der Waals surface area contributed by atoms with E-state index >= 15 is 0 Å². The molecule has 1 aromatic heterocycles. The van der Waals surface area contributed by atoms with Gasteiger partial charge in [-0.1, -0.05) is 0 Å². The van der Waals surface area contributed by atoms with Crippen LogP contribution in [0.2, 0.25) is 0 Å². The molecule has 0 saturated heterocycles. The summed E-state index contributed by atoms with van der Waals surface area (Å²) < 4.78 is 24.1. The van der Waals surface area contributed by atoms with Crippen LogP contribution in [-0.2, 0) is 34.9 Å².